The second kappa shape index (κ2) is 7.87. The van der Waals surface area contributed by atoms with Crippen LogP contribution in [0.15, 0.2) is 60.3 Å². The van der Waals surface area contributed by atoms with Crippen LogP contribution < -0.4 is 15.4 Å². The minimum atomic E-state index is -0.523. The first kappa shape index (κ1) is 16.4. The molecule has 0 aliphatic rings. The van der Waals surface area contributed by atoms with Gasteiger partial charge in [-0.1, -0.05) is 23.7 Å². The Bertz CT molecular complexity index is 781. The molecule has 2 rings (SSSR count). The summed E-state index contributed by atoms with van der Waals surface area (Å²) in [6.07, 6.45) is 1.34. The molecule has 0 heterocycles. The molecular weight excluding hydrogens is 314 g/mol. The van der Waals surface area contributed by atoms with Gasteiger partial charge in [0.1, 0.15) is 17.4 Å². The van der Waals surface area contributed by atoms with Gasteiger partial charge in [0, 0.05) is 28.7 Å². The van der Waals surface area contributed by atoms with Crippen molar-refractivity contribution in [1.29, 1.82) is 5.26 Å². The van der Waals surface area contributed by atoms with E-state index in [4.69, 9.17) is 21.6 Å². The third-order valence-electron chi connectivity index (χ3n) is 2.90. The second-order valence-electron chi connectivity index (χ2n) is 4.51. The van der Waals surface area contributed by atoms with Gasteiger partial charge in [0.15, 0.2) is 0 Å². The quantitative estimate of drug-likeness (QED) is 0.647. The number of benzene rings is 2. The minimum Gasteiger partial charge on any atom is -0.497 e. The minimum absolute atomic E-state index is 0.0622. The number of halogens is 1. The molecule has 2 aromatic carbocycles. The van der Waals surface area contributed by atoms with Gasteiger partial charge in [0.25, 0.3) is 5.91 Å². The molecule has 0 spiro atoms. The highest BCUT2D eigenvalue weighted by Gasteiger charge is 2.09. The SMILES string of the molecule is COc1cccc(N/C=C(/C#N)C(=O)Nc2cccc(Cl)c2)c1. The van der Waals surface area contributed by atoms with Crippen LogP contribution in [0.4, 0.5) is 11.4 Å². The van der Waals surface area contributed by atoms with Crippen LogP contribution in [0.2, 0.25) is 5.02 Å². The van der Waals surface area contributed by atoms with E-state index in [2.05, 4.69) is 10.6 Å². The number of rotatable bonds is 5. The lowest BCUT2D eigenvalue weighted by Crippen LogP contribution is -2.14. The summed E-state index contributed by atoms with van der Waals surface area (Å²) in [5.41, 5.74) is 1.16. The summed E-state index contributed by atoms with van der Waals surface area (Å²) < 4.78 is 5.11. The molecule has 0 aromatic heterocycles. The molecule has 2 N–H and O–H groups in total. The average Bonchev–Trinajstić information content (AvgIpc) is 2.55. The van der Waals surface area contributed by atoms with E-state index in [9.17, 15) is 4.79 Å². The lowest BCUT2D eigenvalue weighted by Gasteiger charge is -2.06. The molecule has 0 aliphatic heterocycles. The van der Waals surface area contributed by atoms with E-state index in [0.29, 0.717) is 22.1 Å². The average molecular weight is 328 g/mol. The number of carbonyl (C=O) groups is 1. The Balaban J connectivity index is 2.09. The predicted octanol–water partition coefficient (Wildman–Crippen LogP) is 3.81. The van der Waals surface area contributed by atoms with Crippen molar-refractivity contribution >= 4 is 28.9 Å². The lowest BCUT2D eigenvalue weighted by molar-refractivity contribution is -0.112. The largest absolute Gasteiger partial charge is 0.497 e. The fourth-order valence-corrected chi connectivity index (χ4v) is 1.97. The highest BCUT2D eigenvalue weighted by molar-refractivity contribution is 6.31. The molecule has 0 unspecified atom stereocenters. The van der Waals surface area contributed by atoms with Crippen LogP contribution in [-0.4, -0.2) is 13.0 Å². The van der Waals surface area contributed by atoms with Crippen molar-refractivity contribution in [3.63, 3.8) is 0 Å². The third kappa shape index (κ3) is 4.77. The van der Waals surface area contributed by atoms with E-state index < -0.39 is 5.91 Å². The van der Waals surface area contributed by atoms with Gasteiger partial charge in [-0.15, -0.1) is 0 Å². The van der Waals surface area contributed by atoms with Crippen LogP contribution in [0.5, 0.6) is 5.75 Å². The van der Waals surface area contributed by atoms with Crippen molar-refractivity contribution in [2.75, 3.05) is 17.7 Å². The molecule has 2 aromatic rings. The van der Waals surface area contributed by atoms with Crippen molar-refractivity contribution in [1.82, 2.24) is 0 Å². The van der Waals surface area contributed by atoms with E-state index in [0.717, 1.165) is 0 Å². The Kier molecular flexibility index (Phi) is 5.61. The Morgan fingerprint density at radius 3 is 2.65 bits per heavy atom. The lowest BCUT2D eigenvalue weighted by atomic mass is 10.2. The van der Waals surface area contributed by atoms with E-state index in [1.807, 2.05) is 6.07 Å². The van der Waals surface area contributed by atoms with Crippen molar-refractivity contribution in [3.8, 4) is 11.8 Å². The van der Waals surface area contributed by atoms with Crippen LogP contribution in [0.25, 0.3) is 0 Å². The fourth-order valence-electron chi connectivity index (χ4n) is 1.78. The number of ether oxygens (including phenoxy) is 1. The first-order valence-electron chi connectivity index (χ1n) is 6.70. The first-order chi connectivity index (χ1) is 11.1. The number of amides is 1. The number of nitrogens with zero attached hydrogens (tertiary/aromatic N) is 1. The Morgan fingerprint density at radius 2 is 1.96 bits per heavy atom. The summed E-state index contributed by atoms with van der Waals surface area (Å²) in [5, 5.41) is 15.1. The number of anilines is 2. The van der Waals surface area contributed by atoms with E-state index in [-0.39, 0.29) is 5.57 Å². The van der Waals surface area contributed by atoms with Gasteiger partial charge in [-0.05, 0) is 30.3 Å². The zero-order valence-electron chi connectivity index (χ0n) is 12.3. The van der Waals surface area contributed by atoms with Crippen molar-refractivity contribution in [2.24, 2.45) is 0 Å². The van der Waals surface area contributed by atoms with Gasteiger partial charge >= 0.3 is 0 Å². The molecule has 23 heavy (non-hydrogen) atoms. The highest BCUT2D eigenvalue weighted by atomic mass is 35.5. The van der Waals surface area contributed by atoms with Crippen LogP contribution in [0.3, 0.4) is 0 Å². The molecule has 0 bridgehead atoms. The molecule has 116 valence electrons. The normalized spacial score (nSPS) is 10.6. The second-order valence-corrected chi connectivity index (χ2v) is 4.95. The van der Waals surface area contributed by atoms with Crippen LogP contribution >= 0.6 is 11.6 Å². The number of nitrogens with one attached hydrogen (secondary N) is 2. The smallest absolute Gasteiger partial charge is 0.267 e. The van der Waals surface area contributed by atoms with Crippen molar-refractivity contribution < 1.29 is 9.53 Å². The summed E-state index contributed by atoms with van der Waals surface area (Å²) in [4.78, 5) is 12.1. The standard InChI is InChI=1S/C17H14ClN3O2/c1-23-16-7-3-5-14(9-16)20-11-12(10-19)17(22)21-15-6-2-4-13(18)8-15/h2-9,11,20H,1H3,(H,21,22)/b12-11-. The molecule has 5 nitrogen and oxygen atoms in total. The molecular formula is C17H14ClN3O2. The highest BCUT2D eigenvalue weighted by Crippen LogP contribution is 2.18. The summed E-state index contributed by atoms with van der Waals surface area (Å²) in [7, 11) is 1.56. The molecule has 0 saturated carbocycles. The number of hydrogen-bond donors (Lipinski definition) is 2. The first-order valence-corrected chi connectivity index (χ1v) is 7.08. The summed E-state index contributed by atoms with van der Waals surface area (Å²) in [6.45, 7) is 0. The summed E-state index contributed by atoms with van der Waals surface area (Å²) in [5.74, 6) is 0.149. The Hall–Kier alpha value is -2.97. The van der Waals surface area contributed by atoms with Gasteiger partial charge in [-0.25, -0.2) is 0 Å². The van der Waals surface area contributed by atoms with Gasteiger partial charge in [-0.2, -0.15) is 5.26 Å². The third-order valence-corrected chi connectivity index (χ3v) is 3.14. The molecule has 0 aliphatic carbocycles. The van der Waals surface area contributed by atoms with Gasteiger partial charge in [0.05, 0.1) is 7.11 Å². The monoisotopic (exact) mass is 327 g/mol. The topological polar surface area (TPSA) is 74.1 Å². The molecule has 0 saturated heterocycles. The number of methoxy groups -OCH3 is 1. The zero-order valence-corrected chi connectivity index (χ0v) is 13.1. The maximum absolute atomic E-state index is 12.1. The number of carbonyl (C=O) groups excluding carboxylic acids is 1. The zero-order chi connectivity index (χ0) is 16.7. The van der Waals surface area contributed by atoms with Crippen LogP contribution in [-0.2, 0) is 4.79 Å². The maximum atomic E-state index is 12.1. The van der Waals surface area contributed by atoms with Gasteiger partial charge < -0.3 is 15.4 Å². The van der Waals surface area contributed by atoms with Gasteiger partial charge in [-0.3, -0.25) is 4.79 Å². The number of nitriles is 1. The van der Waals surface area contributed by atoms with Crippen LogP contribution in [0, 0.1) is 11.3 Å². The molecule has 1 amide bonds. The Morgan fingerprint density at radius 1 is 1.22 bits per heavy atom. The predicted molar refractivity (Wildman–Crippen MR) is 90.4 cm³/mol. The van der Waals surface area contributed by atoms with Crippen LogP contribution in [0.1, 0.15) is 0 Å². The Labute approximate surface area is 139 Å². The van der Waals surface area contributed by atoms with E-state index in [1.165, 1.54) is 6.20 Å². The number of hydrogen-bond acceptors (Lipinski definition) is 4. The fraction of sp³-hybridized carbons (Fsp3) is 0.0588. The maximum Gasteiger partial charge on any atom is 0.267 e. The van der Waals surface area contributed by atoms with Crippen molar-refractivity contribution in [2.45, 2.75) is 0 Å². The molecule has 6 heteroatoms. The summed E-state index contributed by atoms with van der Waals surface area (Å²) in [6, 6.07) is 15.7. The molecule has 0 radical (unpaired) electrons. The van der Waals surface area contributed by atoms with Crippen molar-refractivity contribution in [3.05, 3.63) is 65.3 Å². The molecule has 0 fully saturated rings. The van der Waals surface area contributed by atoms with E-state index >= 15 is 0 Å². The molecule has 0 atom stereocenters. The van der Waals surface area contributed by atoms with E-state index in [1.54, 1.807) is 55.6 Å². The summed E-state index contributed by atoms with van der Waals surface area (Å²) >= 11 is 5.86. The van der Waals surface area contributed by atoms with Gasteiger partial charge in [0.2, 0.25) is 0 Å².